The molecule has 0 spiro atoms. The van der Waals surface area contributed by atoms with Gasteiger partial charge in [0.05, 0.1) is 22.4 Å². The van der Waals surface area contributed by atoms with E-state index in [9.17, 15) is 40.7 Å². The summed E-state index contributed by atoms with van der Waals surface area (Å²) in [5, 5.41) is 11.9. The number of aryl methyl sites for hydroxylation is 1. The summed E-state index contributed by atoms with van der Waals surface area (Å²) in [5.41, 5.74) is 1.00. The molecule has 2 N–H and O–H groups in total. The predicted octanol–water partition coefficient (Wildman–Crippen LogP) is 4.78. The second kappa shape index (κ2) is 10.2. The van der Waals surface area contributed by atoms with Gasteiger partial charge in [-0.1, -0.05) is 24.3 Å². The molecular formula is C26H22F4N2O5S. The van der Waals surface area contributed by atoms with Crippen molar-refractivity contribution >= 4 is 27.6 Å². The van der Waals surface area contributed by atoms with Gasteiger partial charge in [-0.3, -0.25) is 4.79 Å². The van der Waals surface area contributed by atoms with E-state index in [-0.39, 0.29) is 42.0 Å². The maximum absolute atomic E-state index is 13.9. The Kier molecular flexibility index (Phi) is 7.31. The van der Waals surface area contributed by atoms with Crippen LogP contribution in [0.5, 0.6) is 0 Å². The lowest BCUT2D eigenvalue weighted by atomic mass is 9.95. The third-order valence-electron chi connectivity index (χ3n) is 6.26. The maximum Gasteiger partial charge on any atom is 0.419 e. The maximum atomic E-state index is 13.9. The molecule has 3 aromatic rings. The number of aromatic carboxylic acids is 1. The van der Waals surface area contributed by atoms with Crippen molar-refractivity contribution in [2.24, 2.45) is 0 Å². The highest BCUT2D eigenvalue weighted by Gasteiger charge is 2.34. The summed E-state index contributed by atoms with van der Waals surface area (Å²) >= 11 is 0. The molecule has 0 radical (unpaired) electrons. The second-order valence-electron chi connectivity index (χ2n) is 8.85. The first-order chi connectivity index (χ1) is 17.8. The molecule has 200 valence electrons. The molecule has 3 aromatic carbocycles. The van der Waals surface area contributed by atoms with Crippen molar-refractivity contribution < 1.29 is 40.7 Å². The smallest absolute Gasteiger partial charge is 0.419 e. The number of carboxylic acids is 1. The fourth-order valence-electron chi connectivity index (χ4n) is 4.33. The van der Waals surface area contributed by atoms with Gasteiger partial charge in [-0.25, -0.2) is 17.6 Å². The zero-order chi connectivity index (χ0) is 27.8. The van der Waals surface area contributed by atoms with E-state index in [1.807, 2.05) is 0 Å². The minimum atomic E-state index is -4.84. The van der Waals surface area contributed by atoms with Gasteiger partial charge in [0.25, 0.3) is 0 Å². The van der Waals surface area contributed by atoms with Gasteiger partial charge in [-0.05, 0) is 65.9 Å². The Hall–Kier alpha value is -3.77. The van der Waals surface area contributed by atoms with Crippen LogP contribution in [0.15, 0.2) is 59.5 Å². The molecule has 0 unspecified atom stereocenters. The molecule has 4 rings (SSSR count). The molecule has 1 aliphatic heterocycles. The Morgan fingerprint density at radius 2 is 1.82 bits per heavy atom. The van der Waals surface area contributed by atoms with E-state index in [0.717, 1.165) is 12.1 Å². The van der Waals surface area contributed by atoms with Gasteiger partial charge in [0.2, 0.25) is 15.9 Å². The van der Waals surface area contributed by atoms with Gasteiger partial charge >= 0.3 is 12.1 Å². The minimum absolute atomic E-state index is 0.0117. The van der Waals surface area contributed by atoms with Gasteiger partial charge < -0.3 is 10.4 Å². The van der Waals surface area contributed by atoms with Crippen molar-refractivity contribution in [3.05, 3.63) is 93.8 Å². The van der Waals surface area contributed by atoms with E-state index in [4.69, 9.17) is 0 Å². The lowest BCUT2D eigenvalue weighted by Gasteiger charge is -2.30. The second-order valence-corrected chi connectivity index (χ2v) is 10.8. The Labute approximate surface area is 215 Å². The third kappa shape index (κ3) is 5.55. The Morgan fingerprint density at radius 1 is 1.08 bits per heavy atom. The largest absolute Gasteiger partial charge is 0.478 e. The fraction of sp³-hybridized carbons (Fsp3) is 0.231. The molecule has 1 heterocycles. The number of anilines is 1. The first-order valence-corrected chi connectivity index (χ1v) is 12.8. The normalized spacial score (nSPS) is 14.1. The van der Waals surface area contributed by atoms with Gasteiger partial charge in [-0.2, -0.15) is 17.5 Å². The van der Waals surface area contributed by atoms with Gasteiger partial charge in [0.1, 0.15) is 5.82 Å². The number of hydrogen-bond donors (Lipinski definition) is 2. The fourth-order valence-corrected chi connectivity index (χ4v) is 5.80. The van der Waals surface area contributed by atoms with Crippen molar-refractivity contribution in [3.8, 4) is 0 Å². The third-order valence-corrected chi connectivity index (χ3v) is 8.10. The average Bonchev–Trinajstić information content (AvgIpc) is 2.84. The van der Waals surface area contributed by atoms with E-state index in [1.54, 1.807) is 19.1 Å². The first-order valence-electron chi connectivity index (χ1n) is 11.4. The summed E-state index contributed by atoms with van der Waals surface area (Å²) in [6, 6.07) is 10.8. The molecule has 1 amide bonds. The van der Waals surface area contributed by atoms with Crippen LogP contribution in [-0.4, -0.2) is 36.3 Å². The Balaban J connectivity index is 1.53. The molecule has 7 nitrogen and oxygen atoms in total. The van der Waals surface area contributed by atoms with Crippen LogP contribution >= 0.6 is 0 Å². The van der Waals surface area contributed by atoms with Gasteiger partial charge in [0.15, 0.2) is 0 Å². The minimum Gasteiger partial charge on any atom is -0.478 e. The standard InChI is InChI=1S/C26H22F4N2O5S/c1-15-5-7-18-14-32(38(36,37)19-4-2-3-17(13-19)25(34)35)10-9-20(18)24(15)31-23(33)12-16-6-8-21(22(27)11-16)26(28,29)30/h2-8,11,13H,9-10,12,14H2,1H3,(H,31,33)(H,34,35). The molecule has 0 aliphatic carbocycles. The number of hydrogen-bond acceptors (Lipinski definition) is 4. The molecule has 0 saturated heterocycles. The Morgan fingerprint density at radius 3 is 2.47 bits per heavy atom. The van der Waals surface area contributed by atoms with Crippen LogP contribution in [0.3, 0.4) is 0 Å². The SMILES string of the molecule is Cc1ccc2c(c1NC(=O)Cc1ccc(C(F)(F)F)c(F)c1)CCN(S(=O)(=O)c1cccc(C(=O)O)c1)C2. The number of carbonyl (C=O) groups excluding carboxylic acids is 1. The van der Waals surface area contributed by atoms with E-state index in [2.05, 4.69) is 5.32 Å². The number of nitrogens with one attached hydrogen (secondary N) is 1. The average molecular weight is 551 g/mol. The highest BCUT2D eigenvalue weighted by Crippen LogP contribution is 2.33. The number of amides is 1. The molecule has 0 atom stereocenters. The lowest BCUT2D eigenvalue weighted by molar-refractivity contribution is -0.140. The molecule has 12 heteroatoms. The summed E-state index contributed by atoms with van der Waals surface area (Å²) < 4.78 is 79.9. The van der Waals surface area contributed by atoms with E-state index in [0.29, 0.717) is 34.5 Å². The van der Waals surface area contributed by atoms with E-state index >= 15 is 0 Å². The molecular weight excluding hydrogens is 528 g/mol. The Bertz CT molecular complexity index is 1540. The van der Waals surface area contributed by atoms with Crippen LogP contribution < -0.4 is 5.32 Å². The number of nitrogens with zero attached hydrogens (tertiary/aromatic N) is 1. The summed E-state index contributed by atoms with van der Waals surface area (Å²) in [6.45, 7) is 1.81. The van der Waals surface area contributed by atoms with Crippen LogP contribution in [0, 0.1) is 12.7 Å². The van der Waals surface area contributed by atoms with E-state index < -0.39 is 39.5 Å². The number of alkyl halides is 3. The highest BCUT2D eigenvalue weighted by molar-refractivity contribution is 7.89. The topological polar surface area (TPSA) is 104 Å². The molecule has 0 aromatic heterocycles. The van der Waals surface area contributed by atoms with Crippen LogP contribution in [0.25, 0.3) is 0 Å². The lowest BCUT2D eigenvalue weighted by Crippen LogP contribution is -2.36. The van der Waals surface area contributed by atoms with Crippen LogP contribution in [0.1, 0.15) is 38.2 Å². The van der Waals surface area contributed by atoms with Crippen molar-refractivity contribution in [1.82, 2.24) is 4.31 Å². The number of carbonyl (C=O) groups is 2. The van der Waals surface area contributed by atoms with Crippen molar-refractivity contribution in [2.75, 3.05) is 11.9 Å². The number of benzene rings is 3. The zero-order valence-electron chi connectivity index (χ0n) is 20.0. The molecule has 0 saturated carbocycles. The number of rotatable bonds is 6. The zero-order valence-corrected chi connectivity index (χ0v) is 20.8. The molecule has 38 heavy (non-hydrogen) atoms. The molecule has 0 fully saturated rings. The first kappa shape index (κ1) is 27.3. The number of carboxylic acid groups (broad SMARTS) is 1. The summed E-state index contributed by atoms with van der Waals surface area (Å²) in [6.07, 6.45) is -4.95. The number of sulfonamides is 1. The van der Waals surface area contributed by atoms with Crippen LogP contribution in [0.2, 0.25) is 0 Å². The number of halogens is 4. The van der Waals surface area contributed by atoms with Crippen LogP contribution in [-0.2, 0) is 40.4 Å². The van der Waals surface area contributed by atoms with Crippen molar-refractivity contribution in [3.63, 3.8) is 0 Å². The highest BCUT2D eigenvalue weighted by atomic mass is 32.2. The number of fused-ring (bicyclic) bond motifs is 1. The molecule has 0 bridgehead atoms. The summed E-state index contributed by atoms with van der Waals surface area (Å²) in [4.78, 5) is 23.8. The van der Waals surface area contributed by atoms with Crippen molar-refractivity contribution in [2.45, 2.75) is 37.4 Å². The monoisotopic (exact) mass is 550 g/mol. The van der Waals surface area contributed by atoms with Crippen LogP contribution in [0.4, 0.5) is 23.2 Å². The summed E-state index contributed by atoms with van der Waals surface area (Å²) in [7, 11) is -4.00. The van der Waals surface area contributed by atoms with Gasteiger partial charge in [0, 0.05) is 18.8 Å². The predicted molar refractivity (Wildman–Crippen MR) is 130 cm³/mol. The summed E-state index contributed by atoms with van der Waals surface area (Å²) in [5.74, 6) is -3.28. The van der Waals surface area contributed by atoms with Gasteiger partial charge in [-0.15, -0.1) is 0 Å². The van der Waals surface area contributed by atoms with Crippen molar-refractivity contribution in [1.29, 1.82) is 0 Å². The molecule has 1 aliphatic rings. The van der Waals surface area contributed by atoms with E-state index in [1.165, 1.54) is 22.5 Å². The quantitative estimate of drug-likeness (QED) is 0.430.